The van der Waals surface area contributed by atoms with Gasteiger partial charge in [-0.3, -0.25) is 0 Å². The van der Waals surface area contributed by atoms with Crippen molar-refractivity contribution < 1.29 is 4.74 Å². The third-order valence-electron chi connectivity index (χ3n) is 1.02. The van der Waals surface area contributed by atoms with Crippen LogP contribution >= 0.6 is 0 Å². The van der Waals surface area contributed by atoms with Crippen LogP contribution in [0.15, 0.2) is 5.10 Å². The summed E-state index contributed by atoms with van der Waals surface area (Å²) in [6, 6.07) is 0. The lowest BCUT2D eigenvalue weighted by Crippen LogP contribution is -2.12. The van der Waals surface area contributed by atoms with Crippen LogP contribution in [0.4, 0.5) is 0 Å². The summed E-state index contributed by atoms with van der Waals surface area (Å²) in [7, 11) is 1.68. The van der Waals surface area contributed by atoms with E-state index in [4.69, 9.17) is 4.74 Å². The Bertz CT molecular complexity index is 83.7. The number of nitrogens with zero attached hydrogens (tertiary/aromatic N) is 1. The average molecular weight is 144 g/mol. The minimum Gasteiger partial charge on any atom is -0.383 e. The Morgan fingerprint density at radius 3 is 3.00 bits per heavy atom. The van der Waals surface area contributed by atoms with Gasteiger partial charge in [0.05, 0.1) is 13.2 Å². The van der Waals surface area contributed by atoms with Crippen molar-refractivity contribution in [1.82, 2.24) is 5.43 Å². The summed E-state index contributed by atoms with van der Waals surface area (Å²) in [5.74, 6) is 0. The maximum Gasteiger partial charge on any atom is 0.0652 e. The van der Waals surface area contributed by atoms with E-state index >= 15 is 0 Å². The summed E-state index contributed by atoms with van der Waals surface area (Å²) < 4.78 is 4.81. The molecule has 0 heterocycles. The summed E-state index contributed by atoms with van der Waals surface area (Å²) >= 11 is 0. The highest BCUT2D eigenvalue weighted by Crippen LogP contribution is 1.78. The van der Waals surface area contributed by atoms with Gasteiger partial charge >= 0.3 is 0 Å². The number of hydrogen-bond donors (Lipinski definition) is 1. The Morgan fingerprint density at radius 1 is 1.60 bits per heavy atom. The lowest BCUT2D eigenvalue weighted by molar-refractivity contribution is 0.200. The number of hydrogen-bond acceptors (Lipinski definition) is 3. The van der Waals surface area contributed by atoms with E-state index in [1.807, 2.05) is 6.21 Å². The van der Waals surface area contributed by atoms with Gasteiger partial charge in [-0.15, -0.1) is 0 Å². The number of hydrazone groups is 1. The molecule has 0 spiro atoms. The highest BCUT2D eigenvalue weighted by Gasteiger charge is 1.77. The lowest BCUT2D eigenvalue weighted by atomic mass is 10.4. The minimum absolute atomic E-state index is 0.712. The van der Waals surface area contributed by atoms with Gasteiger partial charge in [0.1, 0.15) is 0 Å². The SMILES string of the molecule is CCC/C=N/NCCOC. The van der Waals surface area contributed by atoms with Crippen LogP contribution in [0, 0.1) is 0 Å². The summed E-state index contributed by atoms with van der Waals surface area (Å²) in [6.45, 7) is 3.63. The molecule has 0 fully saturated rings. The molecular weight excluding hydrogens is 128 g/mol. The predicted octanol–water partition coefficient (Wildman–Crippen LogP) is 1.01. The van der Waals surface area contributed by atoms with E-state index in [0.29, 0.717) is 6.61 Å². The van der Waals surface area contributed by atoms with E-state index in [1.165, 1.54) is 0 Å². The molecule has 10 heavy (non-hydrogen) atoms. The molecule has 0 unspecified atom stereocenters. The first-order valence-corrected chi connectivity index (χ1v) is 3.65. The first kappa shape index (κ1) is 9.43. The van der Waals surface area contributed by atoms with E-state index in [2.05, 4.69) is 17.5 Å². The Balaban J connectivity index is 2.88. The minimum atomic E-state index is 0.712. The summed E-state index contributed by atoms with van der Waals surface area (Å²) in [4.78, 5) is 0. The zero-order valence-electron chi connectivity index (χ0n) is 6.76. The van der Waals surface area contributed by atoms with Gasteiger partial charge in [-0.05, 0) is 6.42 Å². The topological polar surface area (TPSA) is 33.6 Å². The van der Waals surface area contributed by atoms with Crippen LogP contribution in [0.1, 0.15) is 19.8 Å². The van der Waals surface area contributed by atoms with Crippen LogP contribution < -0.4 is 5.43 Å². The van der Waals surface area contributed by atoms with E-state index in [-0.39, 0.29) is 0 Å². The molecule has 0 amide bonds. The molecule has 0 aromatic heterocycles. The Hall–Kier alpha value is -0.570. The molecule has 0 saturated carbocycles. The molecule has 0 aliphatic heterocycles. The number of ether oxygens (including phenoxy) is 1. The third kappa shape index (κ3) is 7.43. The van der Waals surface area contributed by atoms with Crippen molar-refractivity contribution in [2.45, 2.75) is 19.8 Å². The van der Waals surface area contributed by atoms with E-state index in [0.717, 1.165) is 19.4 Å². The van der Waals surface area contributed by atoms with Crippen molar-refractivity contribution >= 4 is 6.21 Å². The molecule has 0 saturated heterocycles. The average Bonchev–Trinajstić information content (AvgIpc) is 1.97. The van der Waals surface area contributed by atoms with Gasteiger partial charge in [-0.1, -0.05) is 13.3 Å². The predicted molar refractivity (Wildman–Crippen MR) is 43.3 cm³/mol. The van der Waals surface area contributed by atoms with Crippen LogP contribution in [-0.4, -0.2) is 26.5 Å². The maximum atomic E-state index is 4.81. The highest BCUT2D eigenvalue weighted by molar-refractivity contribution is 5.56. The van der Waals surface area contributed by atoms with Gasteiger partial charge in [-0.2, -0.15) is 5.10 Å². The van der Waals surface area contributed by atoms with E-state index in [1.54, 1.807) is 7.11 Å². The first-order chi connectivity index (χ1) is 4.91. The van der Waals surface area contributed by atoms with Crippen molar-refractivity contribution in [3.05, 3.63) is 0 Å². The van der Waals surface area contributed by atoms with Crippen molar-refractivity contribution in [2.24, 2.45) is 5.10 Å². The second kappa shape index (κ2) is 8.43. The van der Waals surface area contributed by atoms with Gasteiger partial charge in [0.25, 0.3) is 0 Å². The van der Waals surface area contributed by atoms with Crippen molar-refractivity contribution in [1.29, 1.82) is 0 Å². The zero-order valence-corrected chi connectivity index (χ0v) is 6.76. The number of unbranched alkanes of at least 4 members (excludes halogenated alkanes) is 1. The Kier molecular flexibility index (Phi) is 7.95. The molecule has 60 valence electrons. The largest absolute Gasteiger partial charge is 0.383 e. The standard InChI is InChI=1S/C7H16N2O/c1-3-4-5-8-9-6-7-10-2/h5,9H,3-4,6-7H2,1-2H3/b8-5+. The normalized spacial score (nSPS) is 10.6. The molecule has 0 aliphatic carbocycles. The molecule has 0 atom stereocenters. The quantitative estimate of drug-likeness (QED) is 0.343. The Morgan fingerprint density at radius 2 is 2.40 bits per heavy atom. The first-order valence-electron chi connectivity index (χ1n) is 3.65. The molecule has 0 rings (SSSR count). The van der Waals surface area contributed by atoms with Gasteiger partial charge in [0.15, 0.2) is 0 Å². The number of rotatable bonds is 6. The van der Waals surface area contributed by atoms with Crippen LogP contribution in [0.2, 0.25) is 0 Å². The molecular formula is C7H16N2O. The second-order valence-electron chi connectivity index (χ2n) is 2.00. The lowest BCUT2D eigenvalue weighted by Gasteiger charge is -1.96. The molecule has 0 aliphatic rings. The van der Waals surface area contributed by atoms with E-state index in [9.17, 15) is 0 Å². The van der Waals surface area contributed by atoms with Gasteiger partial charge in [0, 0.05) is 13.3 Å². The summed E-state index contributed by atoms with van der Waals surface area (Å²) in [5, 5.41) is 3.94. The van der Waals surface area contributed by atoms with Gasteiger partial charge in [0.2, 0.25) is 0 Å². The fraction of sp³-hybridized carbons (Fsp3) is 0.857. The monoisotopic (exact) mass is 144 g/mol. The van der Waals surface area contributed by atoms with Crippen LogP contribution in [0.3, 0.4) is 0 Å². The number of nitrogens with one attached hydrogen (secondary N) is 1. The zero-order chi connectivity index (χ0) is 7.66. The molecule has 0 bridgehead atoms. The maximum absolute atomic E-state index is 4.81. The van der Waals surface area contributed by atoms with Gasteiger partial charge < -0.3 is 10.2 Å². The fourth-order valence-corrected chi connectivity index (χ4v) is 0.470. The van der Waals surface area contributed by atoms with Gasteiger partial charge in [-0.25, -0.2) is 0 Å². The molecule has 0 aromatic carbocycles. The highest BCUT2D eigenvalue weighted by atomic mass is 16.5. The van der Waals surface area contributed by atoms with Crippen LogP contribution in [-0.2, 0) is 4.74 Å². The van der Waals surface area contributed by atoms with Crippen LogP contribution in [0.5, 0.6) is 0 Å². The summed E-state index contributed by atoms with van der Waals surface area (Å²) in [5.41, 5.74) is 2.87. The summed E-state index contributed by atoms with van der Waals surface area (Å²) in [6.07, 6.45) is 4.07. The smallest absolute Gasteiger partial charge is 0.0652 e. The fourth-order valence-electron chi connectivity index (χ4n) is 0.470. The molecule has 0 radical (unpaired) electrons. The van der Waals surface area contributed by atoms with E-state index < -0.39 is 0 Å². The molecule has 3 nitrogen and oxygen atoms in total. The molecule has 0 aromatic rings. The van der Waals surface area contributed by atoms with Crippen LogP contribution in [0.25, 0.3) is 0 Å². The second-order valence-corrected chi connectivity index (χ2v) is 2.00. The third-order valence-corrected chi connectivity index (χ3v) is 1.02. The molecule has 1 N–H and O–H groups in total. The van der Waals surface area contributed by atoms with Crippen molar-refractivity contribution in [2.75, 3.05) is 20.3 Å². The molecule has 3 heteroatoms. The van der Waals surface area contributed by atoms with Crippen molar-refractivity contribution in [3.63, 3.8) is 0 Å². The Labute approximate surface area is 62.5 Å². The van der Waals surface area contributed by atoms with Crippen molar-refractivity contribution in [3.8, 4) is 0 Å². The number of methoxy groups -OCH3 is 1.